The smallest absolute Gasteiger partial charge is 0.349 e. The molecule has 0 spiro atoms. The van der Waals surface area contributed by atoms with Crippen LogP contribution in [0.25, 0.3) is 11.4 Å². The van der Waals surface area contributed by atoms with Crippen molar-refractivity contribution >= 4 is 5.91 Å². The van der Waals surface area contributed by atoms with Crippen LogP contribution in [0.5, 0.6) is 0 Å². The van der Waals surface area contributed by atoms with Crippen LogP contribution < -0.4 is 5.32 Å². The normalized spacial score (nSPS) is 19.2. The first kappa shape index (κ1) is 18.0. The first-order chi connectivity index (χ1) is 12.9. The second-order valence-corrected chi connectivity index (χ2v) is 7.02. The number of alkyl halides is 3. The lowest BCUT2D eigenvalue weighted by atomic mass is 10.0. The third-order valence-corrected chi connectivity index (χ3v) is 4.98. The summed E-state index contributed by atoms with van der Waals surface area (Å²) in [5.74, 6) is -1.86. The lowest BCUT2D eigenvalue weighted by Crippen LogP contribution is -2.45. The Labute approximate surface area is 153 Å². The quantitative estimate of drug-likeness (QED) is 0.883. The molecule has 1 saturated heterocycles. The summed E-state index contributed by atoms with van der Waals surface area (Å²) in [6, 6.07) is 7.05. The highest BCUT2D eigenvalue weighted by Crippen LogP contribution is 2.30. The molecule has 0 radical (unpaired) electrons. The molecule has 2 fully saturated rings. The van der Waals surface area contributed by atoms with E-state index in [0.717, 1.165) is 32.0 Å². The summed E-state index contributed by atoms with van der Waals surface area (Å²) in [6.45, 7) is 1.97. The second kappa shape index (κ2) is 6.95. The Hall–Kier alpha value is -2.42. The van der Waals surface area contributed by atoms with Crippen LogP contribution in [0.4, 0.5) is 13.2 Å². The van der Waals surface area contributed by atoms with Crippen LogP contribution >= 0.6 is 0 Å². The van der Waals surface area contributed by atoms with E-state index in [2.05, 4.69) is 24.9 Å². The zero-order chi connectivity index (χ0) is 19.0. The Morgan fingerprint density at radius 1 is 1.19 bits per heavy atom. The van der Waals surface area contributed by atoms with Gasteiger partial charge in [0.15, 0.2) is 0 Å². The number of amides is 1. The molecule has 144 valence electrons. The fraction of sp³-hybridized carbons (Fsp3) is 0.500. The molecule has 2 heterocycles. The molecule has 0 bridgehead atoms. The van der Waals surface area contributed by atoms with Gasteiger partial charge in [0.05, 0.1) is 0 Å². The van der Waals surface area contributed by atoms with Gasteiger partial charge in [-0.25, -0.2) is 0 Å². The lowest BCUT2D eigenvalue weighted by Gasteiger charge is -2.32. The number of carbonyl (C=O) groups excluding carboxylic acids is 1. The number of halogens is 3. The van der Waals surface area contributed by atoms with Crippen molar-refractivity contribution in [3.05, 3.63) is 35.7 Å². The van der Waals surface area contributed by atoms with E-state index in [4.69, 9.17) is 0 Å². The minimum Gasteiger partial charge on any atom is -0.349 e. The molecule has 9 heteroatoms. The number of nitrogens with one attached hydrogen (secondary N) is 1. The molecule has 2 aromatic rings. The minimum atomic E-state index is -4.70. The Balaban J connectivity index is 1.41. The van der Waals surface area contributed by atoms with Gasteiger partial charge in [-0.15, -0.1) is 0 Å². The van der Waals surface area contributed by atoms with E-state index in [1.165, 1.54) is 25.0 Å². The largest absolute Gasteiger partial charge is 0.471 e. The highest BCUT2D eigenvalue weighted by atomic mass is 19.4. The zero-order valence-electron chi connectivity index (χ0n) is 14.5. The molecule has 1 aliphatic heterocycles. The number of carbonyl (C=O) groups is 1. The summed E-state index contributed by atoms with van der Waals surface area (Å²) >= 11 is 0. The predicted molar refractivity (Wildman–Crippen MR) is 89.8 cm³/mol. The molecule has 1 saturated carbocycles. The van der Waals surface area contributed by atoms with E-state index < -0.39 is 12.1 Å². The maximum Gasteiger partial charge on any atom is 0.471 e. The predicted octanol–water partition coefficient (Wildman–Crippen LogP) is 3.11. The molecule has 1 aromatic carbocycles. The van der Waals surface area contributed by atoms with Gasteiger partial charge in [-0.2, -0.15) is 18.2 Å². The average molecular weight is 380 g/mol. The van der Waals surface area contributed by atoms with Crippen molar-refractivity contribution in [1.82, 2.24) is 20.4 Å². The third-order valence-electron chi connectivity index (χ3n) is 4.98. The van der Waals surface area contributed by atoms with Crippen LogP contribution in [0, 0.1) is 0 Å². The van der Waals surface area contributed by atoms with Crippen LogP contribution in [0.1, 0.15) is 41.9 Å². The molecule has 27 heavy (non-hydrogen) atoms. The minimum absolute atomic E-state index is 0.109. The Kier molecular flexibility index (Phi) is 4.63. The molecule has 4 rings (SSSR count). The molecule has 6 nitrogen and oxygen atoms in total. The summed E-state index contributed by atoms with van der Waals surface area (Å²) < 4.78 is 42.1. The number of rotatable bonds is 4. The molecule has 2 aliphatic rings. The number of hydrogen-bond acceptors (Lipinski definition) is 5. The van der Waals surface area contributed by atoms with E-state index in [1.54, 1.807) is 12.1 Å². The number of nitrogens with zero attached hydrogens (tertiary/aromatic N) is 3. The fourth-order valence-electron chi connectivity index (χ4n) is 3.37. The van der Waals surface area contributed by atoms with Crippen molar-refractivity contribution in [1.29, 1.82) is 0 Å². The van der Waals surface area contributed by atoms with Crippen LogP contribution in [0.2, 0.25) is 0 Å². The number of likely N-dealkylation sites (tertiary alicyclic amines) is 1. The topological polar surface area (TPSA) is 71.3 Å². The number of piperidine rings is 1. The highest BCUT2D eigenvalue weighted by Gasteiger charge is 2.38. The van der Waals surface area contributed by atoms with E-state index in [9.17, 15) is 18.0 Å². The van der Waals surface area contributed by atoms with Gasteiger partial charge in [0.1, 0.15) is 0 Å². The van der Waals surface area contributed by atoms with Crippen molar-refractivity contribution in [2.45, 2.75) is 43.9 Å². The maximum atomic E-state index is 12.6. The van der Waals surface area contributed by atoms with Crippen LogP contribution in [-0.4, -0.2) is 46.1 Å². The SMILES string of the molecule is O=C(NC1CCN(C2CC2)CC1)c1cccc(-c2noc(C(F)(F)F)n2)c1. The van der Waals surface area contributed by atoms with Crippen molar-refractivity contribution in [2.24, 2.45) is 0 Å². The number of benzene rings is 1. The van der Waals surface area contributed by atoms with E-state index in [-0.39, 0.29) is 17.8 Å². The summed E-state index contributed by atoms with van der Waals surface area (Å²) in [5, 5.41) is 6.37. The molecule has 1 aliphatic carbocycles. The number of aromatic nitrogens is 2. The van der Waals surface area contributed by atoms with Crippen molar-refractivity contribution < 1.29 is 22.5 Å². The summed E-state index contributed by atoms with van der Waals surface area (Å²) in [6.07, 6.45) is -0.342. The van der Waals surface area contributed by atoms with Gasteiger partial charge in [-0.1, -0.05) is 17.3 Å². The van der Waals surface area contributed by atoms with Gasteiger partial charge < -0.3 is 14.7 Å². The monoisotopic (exact) mass is 380 g/mol. The molecule has 0 atom stereocenters. The third kappa shape index (κ3) is 4.13. The Morgan fingerprint density at radius 3 is 2.56 bits per heavy atom. The Bertz CT molecular complexity index is 824. The molecule has 1 N–H and O–H groups in total. The molecule has 1 aromatic heterocycles. The van der Waals surface area contributed by atoms with Gasteiger partial charge in [0.25, 0.3) is 5.91 Å². The van der Waals surface area contributed by atoms with Crippen LogP contribution in [0.15, 0.2) is 28.8 Å². The first-order valence-electron chi connectivity index (χ1n) is 8.96. The van der Waals surface area contributed by atoms with Gasteiger partial charge >= 0.3 is 12.1 Å². The first-order valence-corrected chi connectivity index (χ1v) is 8.96. The zero-order valence-corrected chi connectivity index (χ0v) is 14.5. The van der Waals surface area contributed by atoms with Gasteiger partial charge in [-0.05, 0) is 37.8 Å². The van der Waals surface area contributed by atoms with Gasteiger partial charge in [-0.3, -0.25) is 4.79 Å². The maximum absolute atomic E-state index is 12.6. The highest BCUT2D eigenvalue weighted by molar-refractivity contribution is 5.95. The molecular formula is C18H19F3N4O2. The summed E-state index contributed by atoms with van der Waals surface area (Å²) in [5.41, 5.74) is 0.654. The standard InChI is InChI=1S/C18H19F3N4O2/c19-18(20,21)17-23-15(24-27-17)11-2-1-3-12(10-11)16(26)22-13-6-8-25(9-7-13)14-4-5-14/h1-3,10,13-14H,4-9H2,(H,22,26). The summed E-state index contributed by atoms with van der Waals surface area (Å²) in [4.78, 5) is 18.3. The van der Waals surface area contributed by atoms with Gasteiger partial charge in [0.2, 0.25) is 5.82 Å². The molecular weight excluding hydrogens is 361 g/mol. The summed E-state index contributed by atoms with van der Waals surface area (Å²) in [7, 11) is 0. The Morgan fingerprint density at radius 2 is 1.93 bits per heavy atom. The van der Waals surface area contributed by atoms with Crippen molar-refractivity contribution in [3.8, 4) is 11.4 Å². The van der Waals surface area contributed by atoms with Crippen molar-refractivity contribution in [3.63, 3.8) is 0 Å². The average Bonchev–Trinajstić information content (AvgIpc) is 3.37. The second-order valence-electron chi connectivity index (χ2n) is 7.02. The fourth-order valence-corrected chi connectivity index (χ4v) is 3.37. The lowest BCUT2D eigenvalue weighted by molar-refractivity contribution is -0.159. The van der Waals surface area contributed by atoms with Crippen LogP contribution in [-0.2, 0) is 6.18 Å². The van der Waals surface area contributed by atoms with Crippen LogP contribution in [0.3, 0.4) is 0 Å². The molecule has 0 unspecified atom stereocenters. The van der Waals surface area contributed by atoms with E-state index in [0.29, 0.717) is 11.1 Å². The van der Waals surface area contributed by atoms with E-state index in [1.807, 2.05) is 0 Å². The van der Waals surface area contributed by atoms with Gasteiger partial charge in [0, 0.05) is 36.3 Å². The van der Waals surface area contributed by atoms with Crippen molar-refractivity contribution in [2.75, 3.05) is 13.1 Å². The van der Waals surface area contributed by atoms with E-state index >= 15 is 0 Å². The molecule has 1 amide bonds. The number of hydrogen-bond donors (Lipinski definition) is 1.